The Labute approximate surface area is 92.9 Å². The third kappa shape index (κ3) is 1.16. The Hall–Kier alpha value is -1.58. The summed E-state index contributed by atoms with van der Waals surface area (Å²) in [6.45, 7) is 1.98. The van der Waals surface area contributed by atoms with Crippen molar-refractivity contribution in [1.82, 2.24) is 0 Å². The minimum absolute atomic E-state index is 0.0975. The first-order chi connectivity index (χ1) is 7.60. The molecule has 2 atom stereocenters. The minimum atomic E-state index is -0.534. The van der Waals surface area contributed by atoms with E-state index in [1.54, 1.807) is 0 Å². The second kappa shape index (κ2) is 2.97. The van der Waals surface area contributed by atoms with Crippen LogP contribution in [-0.4, -0.2) is 24.5 Å². The standard InChI is InChI=1S/C12H12O4/c1-12-4-2-3-7(5-12)16-8-6-15-11(14)9(8)10(12)13/h2-3,7H,4-6H2,1H3. The van der Waals surface area contributed by atoms with Crippen LogP contribution in [0.25, 0.3) is 0 Å². The summed E-state index contributed by atoms with van der Waals surface area (Å²) < 4.78 is 10.5. The number of ketones is 1. The van der Waals surface area contributed by atoms with Gasteiger partial charge in [0, 0.05) is 11.8 Å². The number of Topliss-reactive ketones (excluding diaryl/α,β-unsaturated/α-hetero) is 1. The topological polar surface area (TPSA) is 52.6 Å². The molecule has 2 heterocycles. The number of rotatable bonds is 0. The van der Waals surface area contributed by atoms with Crippen LogP contribution in [0.1, 0.15) is 19.8 Å². The van der Waals surface area contributed by atoms with Gasteiger partial charge in [-0.3, -0.25) is 4.79 Å². The quantitative estimate of drug-likeness (QED) is 0.349. The van der Waals surface area contributed by atoms with Crippen LogP contribution < -0.4 is 0 Å². The molecule has 0 fully saturated rings. The number of fused-ring (bicyclic) bond motifs is 2. The molecular formula is C12H12O4. The molecule has 1 aliphatic carbocycles. The Kier molecular flexibility index (Phi) is 1.79. The fraction of sp³-hybridized carbons (Fsp3) is 0.500. The smallest absolute Gasteiger partial charge is 0.345 e. The van der Waals surface area contributed by atoms with E-state index in [1.165, 1.54) is 0 Å². The maximum Gasteiger partial charge on any atom is 0.345 e. The highest BCUT2D eigenvalue weighted by molar-refractivity contribution is 6.21. The number of hydrogen-bond acceptors (Lipinski definition) is 4. The Morgan fingerprint density at radius 2 is 2.25 bits per heavy atom. The molecule has 2 aliphatic heterocycles. The van der Waals surface area contributed by atoms with Gasteiger partial charge in [-0.05, 0) is 12.5 Å². The predicted octanol–water partition coefficient (Wildman–Crippen LogP) is 1.12. The molecule has 2 bridgehead atoms. The van der Waals surface area contributed by atoms with Gasteiger partial charge in [0.25, 0.3) is 0 Å². The second-order valence-corrected chi connectivity index (χ2v) is 4.76. The van der Waals surface area contributed by atoms with Crippen molar-refractivity contribution in [2.45, 2.75) is 25.9 Å². The first-order valence-electron chi connectivity index (χ1n) is 5.38. The van der Waals surface area contributed by atoms with Crippen molar-refractivity contribution in [1.29, 1.82) is 0 Å². The summed E-state index contributed by atoms with van der Waals surface area (Å²) in [5.41, 5.74) is -0.381. The van der Waals surface area contributed by atoms with Crippen molar-refractivity contribution < 1.29 is 19.1 Å². The third-order valence-electron chi connectivity index (χ3n) is 3.46. The van der Waals surface area contributed by atoms with Crippen LogP contribution in [-0.2, 0) is 19.1 Å². The van der Waals surface area contributed by atoms with Crippen molar-refractivity contribution in [3.05, 3.63) is 23.5 Å². The highest BCUT2D eigenvalue weighted by Gasteiger charge is 2.47. The number of esters is 1. The fourth-order valence-electron chi connectivity index (χ4n) is 2.53. The van der Waals surface area contributed by atoms with Gasteiger partial charge in [0.15, 0.2) is 11.5 Å². The largest absolute Gasteiger partial charge is 0.486 e. The predicted molar refractivity (Wildman–Crippen MR) is 54.3 cm³/mol. The molecule has 4 heteroatoms. The van der Waals surface area contributed by atoms with Crippen LogP contribution in [0.15, 0.2) is 23.5 Å². The van der Waals surface area contributed by atoms with Gasteiger partial charge in [0.05, 0.1) is 0 Å². The lowest BCUT2D eigenvalue weighted by Crippen LogP contribution is -2.34. The van der Waals surface area contributed by atoms with Gasteiger partial charge in [0.2, 0.25) is 0 Å². The zero-order valence-electron chi connectivity index (χ0n) is 8.99. The maximum absolute atomic E-state index is 12.3. The van der Waals surface area contributed by atoms with E-state index in [2.05, 4.69) is 0 Å². The van der Waals surface area contributed by atoms with Crippen LogP contribution in [0.2, 0.25) is 0 Å². The Morgan fingerprint density at radius 3 is 3.06 bits per heavy atom. The molecule has 0 radical (unpaired) electrons. The SMILES string of the molecule is CC12CC=CC(C1)OC1=C(C(=O)OC1)C2=O. The van der Waals surface area contributed by atoms with E-state index in [4.69, 9.17) is 9.47 Å². The van der Waals surface area contributed by atoms with Gasteiger partial charge >= 0.3 is 5.97 Å². The lowest BCUT2D eigenvalue weighted by atomic mass is 9.73. The first kappa shape index (κ1) is 9.63. The summed E-state index contributed by atoms with van der Waals surface area (Å²) in [5.74, 6) is -0.249. The average molecular weight is 220 g/mol. The highest BCUT2D eigenvalue weighted by Crippen LogP contribution is 2.42. The summed E-state index contributed by atoms with van der Waals surface area (Å²) in [6, 6.07) is 0. The Bertz CT molecular complexity index is 446. The second-order valence-electron chi connectivity index (χ2n) is 4.76. The van der Waals surface area contributed by atoms with Crippen molar-refractivity contribution in [2.75, 3.05) is 6.61 Å². The molecule has 16 heavy (non-hydrogen) atoms. The molecule has 3 aliphatic rings. The Balaban J connectivity index is 2.12. The number of cyclic esters (lactones) is 1. The zero-order valence-corrected chi connectivity index (χ0v) is 8.99. The number of ether oxygens (including phenoxy) is 2. The van der Waals surface area contributed by atoms with Crippen LogP contribution in [0, 0.1) is 5.41 Å². The first-order valence-corrected chi connectivity index (χ1v) is 5.38. The number of hydrogen-bond donors (Lipinski definition) is 0. The molecular weight excluding hydrogens is 208 g/mol. The minimum Gasteiger partial charge on any atom is -0.486 e. The molecule has 3 rings (SSSR count). The molecule has 0 aromatic carbocycles. The van der Waals surface area contributed by atoms with Gasteiger partial charge in [-0.15, -0.1) is 0 Å². The monoisotopic (exact) mass is 220 g/mol. The molecule has 4 nitrogen and oxygen atoms in total. The number of carbonyl (C=O) groups excluding carboxylic acids is 2. The van der Waals surface area contributed by atoms with Crippen molar-refractivity contribution >= 4 is 11.8 Å². The van der Waals surface area contributed by atoms with Gasteiger partial charge in [0.1, 0.15) is 18.3 Å². The lowest BCUT2D eigenvalue weighted by Gasteiger charge is -2.30. The summed E-state index contributed by atoms with van der Waals surface area (Å²) in [4.78, 5) is 23.8. The van der Waals surface area contributed by atoms with E-state index < -0.39 is 11.4 Å². The molecule has 0 spiro atoms. The maximum atomic E-state index is 12.3. The van der Waals surface area contributed by atoms with Gasteiger partial charge < -0.3 is 9.47 Å². The molecule has 0 amide bonds. The summed E-state index contributed by atoms with van der Waals surface area (Å²) in [7, 11) is 0. The van der Waals surface area contributed by atoms with E-state index in [1.807, 2.05) is 19.1 Å². The highest BCUT2D eigenvalue weighted by atomic mass is 16.6. The molecule has 84 valence electrons. The van der Waals surface area contributed by atoms with Crippen LogP contribution in [0.4, 0.5) is 0 Å². The lowest BCUT2D eigenvalue weighted by molar-refractivity contribution is -0.139. The summed E-state index contributed by atoms with van der Waals surface area (Å²) in [6.07, 6.45) is 5.11. The van der Waals surface area contributed by atoms with E-state index in [-0.39, 0.29) is 24.1 Å². The molecule has 0 aromatic heterocycles. The van der Waals surface area contributed by atoms with E-state index in [9.17, 15) is 9.59 Å². The number of carbonyl (C=O) groups is 2. The van der Waals surface area contributed by atoms with Crippen LogP contribution in [0.5, 0.6) is 0 Å². The third-order valence-corrected chi connectivity index (χ3v) is 3.46. The summed E-state index contributed by atoms with van der Waals surface area (Å²) in [5, 5.41) is 0. The van der Waals surface area contributed by atoms with Crippen molar-refractivity contribution in [2.24, 2.45) is 5.41 Å². The van der Waals surface area contributed by atoms with Gasteiger partial charge in [-0.1, -0.05) is 13.0 Å². The average Bonchev–Trinajstić information content (AvgIpc) is 2.55. The molecule has 0 aromatic rings. The van der Waals surface area contributed by atoms with Gasteiger partial charge in [-0.2, -0.15) is 0 Å². The van der Waals surface area contributed by atoms with Crippen LogP contribution >= 0.6 is 0 Å². The van der Waals surface area contributed by atoms with Crippen molar-refractivity contribution in [3.8, 4) is 0 Å². The molecule has 0 saturated carbocycles. The van der Waals surface area contributed by atoms with E-state index >= 15 is 0 Å². The summed E-state index contributed by atoms with van der Waals surface area (Å²) >= 11 is 0. The van der Waals surface area contributed by atoms with Crippen LogP contribution in [0.3, 0.4) is 0 Å². The Morgan fingerprint density at radius 1 is 1.44 bits per heavy atom. The van der Waals surface area contributed by atoms with E-state index in [0.717, 1.165) is 0 Å². The molecule has 2 unspecified atom stereocenters. The number of allylic oxidation sites excluding steroid dienone is 1. The van der Waals surface area contributed by atoms with E-state index in [0.29, 0.717) is 18.6 Å². The molecule has 0 N–H and O–H groups in total. The molecule has 0 saturated heterocycles. The van der Waals surface area contributed by atoms with Gasteiger partial charge in [-0.25, -0.2) is 4.79 Å². The fourth-order valence-corrected chi connectivity index (χ4v) is 2.53. The van der Waals surface area contributed by atoms with Crippen molar-refractivity contribution in [3.63, 3.8) is 0 Å². The zero-order chi connectivity index (χ0) is 11.3. The normalized spacial score (nSPS) is 36.7.